The number of ether oxygens (including phenoxy) is 1. The SMILES string of the molecule is C=C1C[C@]23CC[C@H]1C[C@H]2[C@]1(C)CCC[C@@](C)(C(=O)OP(=O)(O)OC[C@H]2O[C@@H](n4cnc5c(N)ncnc54)[C@H](O)[C@@H]2O)[C@H]1C[C@H]3O. The molecule has 6 fully saturated rings. The molecule has 2 bridgehead atoms. The molecule has 6 aliphatic rings. The molecule has 14 nitrogen and oxygen atoms in total. The molecule has 0 radical (unpaired) electrons. The third-order valence-electron chi connectivity index (χ3n) is 12.3. The topological polar surface area (TPSA) is 212 Å². The van der Waals surface area contributed by atoms with E-state index in [2.05, 4.69) is 28.5 Å². The van der Waals surface area contributed by atoms with E-state index in [0.29, 0.717) is 18.8 Å². The number of phosphoric acid groups is 1. The van der Waals surface area contributed by atoms with E-state index in [4.69, 9.17) is 19.5 Å². The van der Waals surface area contributed by atoms with Crippen LogP contribution >= 0.6 is 7.82 Å². The second-order valence-electron chi connectivity index (χ2n) is 14.4. The number of aliphatic hydroxyl groups excluding tert-OH is 3. The molecule has 246 valence electrons. The number of nitrogen functional groups attached to an aromatic ring is 1. The fourth-order valence-electron chi connectivity index (χ4n) is 9.96. The van der Waals surface area contributed by atoms with Gasteiger partial charge in [0.05, 0.1) is 24.5 Å². The maximum atomic E-state index is 13.8. The number of allylic oxidation sites excluding steroid dienone is 1. The zero-order valence-corrected chi connectivity index (χ0v) is 26.4. The highest BCUT2D eigenvalue weighted by Gasteiger charge is 2.68. The van der Waals surface area contributed by atoms with Crippen molar-refractivity contribution >= 4 is 30.8 Å². The molecule has 5 aliphatic carbocycles. The normalized spacial score (nSPS) is 43.9. The van der Waals surface area contributed by atoms with Crippen LogP contribution in [0.1, 0.15) is 71.4 Å². The molecule has 1 aliphatic heterocycles. The van der Waals surface area contributed by atoms with Crippen molar-refractivity contribution in [2.24, 2.45) is 34.0 Å². The van der Waals surface area contributed by atoms with Gasteiger partial charge >= 0.3 is 13.8 Å². The maximum Gasteiger partial charge on any atom is 0.529 e. The Hall–Kier alpha value is -2.45. The van der Waals surface area contributed by atoms with Crippen LogP contribution in [0.15, 0.2) is 24.8 Å². The quantitative estimate of drug-likeness (QED) is 0.226. The molecule has 6 N–H and O–H groups in total. The van der Waals surface area contributed by atoms with Gasteiger partial charge in [-0.1, -0.05) is 25.5 Å². The summed E-state index contributed by atoms with van der Waals surface area (Å²) in [7, 11) is -4.97. The van der Waals surface area contributed by atoms with E-state index in [1.807, 2.05) is 0 Å². The van der Waals surface area contributed by atoms with Gasteiger partial charge in [-0.05, 0) is 75.0 Å². The Morgan fingerprint density at radius 1 is 1.16 bits per heavy atom. The number of imidazole rings is 1. The first-order valence-electron chi connectivity index (χ1n) is 15.7. The smallest absolute Gasteiger partial charge is 0.393 e. The van der Waals surface area contributed by atoms with Crippen molar-refractivity contribution < 1.29 is 43.4 Å². The first-order chi connectivity index (χ1) is 21.2. The predicted molar refractivity (Wildman–Crippen MR) is 159 cm³/mol. The van der Waals surface area contributed by atoms with E-state index in [1.165, 1.54) is 22.8 Å². The number of carbonyl (C=O) groups excluding carboxylic acids is 1. The Morgan fingerprint density at radius 3 is 2.69 bits per heavy atom. The van der Waals surface area contributed by atoms with E-state index in [0.717, 1.165) is 38.5 Å². The summed E-state index contributed by atoms with van der Waals surface area (Å²) in [5.41, 5.74) is 6.02. The predicted octanol–water partition coefficient (Wildman–Crippen LogP) is 2.63. The molecule has 2 aromatic heterocycles. The zero-order valence-electron chi connectivity index (χ0n) is 25.5. The number of rotatable bonds is 6. The summed E-state index contributed by atoms with van der Waals surface area (Å²) in [5, 5.41) is 33.0. The summed E-state index contributed by atoms with van der Waals surface area (Å²) in [6.45, 7) is 7.67. The van der Waals surface area contributed by atoms with Gasteiger partial charge in [0, 0.05) is 5.41 Å². The lowest BCUT2D eigenvalue weighted by Crippen LogP contribution is -2.65. The van der Waals surface area contributed by atoms with Gasteiger partial charge in [0.15, 0.2) is 17.7 Å². The molecule has 8 rings (SSSR count). The van der Waals surface area contributed by atoms with Crippen molar-refractivity contribution in [2.75, 3.05) is 12.3 Å². The van der Waals surface area contributed by atoms with E-state index < -0.39 is 56.5 Å². The number of aliphatic hydroxyl groups is 3. The van der Waals surface area contributed by atoms with Gasteiger partial charge in [0.2, 0.25) is 0 Å². The van der Waals surface area contributed by atoms with E-state index in [1.54, 1.807) is 6.92 Å². The maximum absolute atomic E-state index is 13.8. The van der Waals surface area contributed by atoms with Gasteiger partial charge < -0.3 is 30.3 Å². The summed E-state index contributed by atoms with van der Waals surface area (Å²) in [6, 6.07) is 0. The number of hydrogen-bond donors (Lipinski definition) is 5. The van der Waals surface area contributed by atoms with Crippen molar-refractivity contribution in [3.63, 3.8) is 0 Å². The lowest BCUT2D eigenvalue weighted by molar-refractivity contribution is -0.223. The molecule has 45 heavy (non-hydrogen) atoms. The standard InChI is InChI=1S/C30H42N5O9P/c1-15-11-30-8-5-16(15)9-19(30)28(2)6-4-7-29(3,18(28)10-20(30)36)27(39)44-45(40,41)42-12-17-22(37)23(38)26(43-17)35-14-34-21-24(31)32-13-33-25(21)35/h13-14,16-20,22-23,26,36-38H,1,4-12H2,2-3H3,(H,40,41)(H2,31,32,33)/t16-,17+,18-,19-,20+,22+,23+,26+,28+,29+,30+/m0/s1. The molecule has 3 heterocycles. The lowest BCUT2D eigenvalue weighted by atomic mass is 9.36. The van der Waals surface area contributed by atoms with Crippen LogP contribution in [-0.4, -0.2) is 76.7 Å². The molecule has 1 spiro atoms. The zero-order chi connectivity index (χ0) is 32.1. The molecule has 0 amide bonds. The van der Waals surface area contributed by atoms with Gasteiger partial charge in [-0.2, -0.15) is 0 Å². The van der Waals surface area contributed by atoms with Crippen LogP contribution in [0.5, 0.6) is 0 Å². The van der Waals surface area contributed by atoms with Crippen LogP contribution in [0.25, 0.3) is 11.2 Å². The van der Waals surface area contributed by atoms with Crippen LogP contribution in [-0.2, 0) is 23.1 Å². The number of anilines is 1. The monoisotopic (exact) mass is 647 g/mol. The highest BCUT2D eigenvalue weighted by atomic mass is 31.2. The number of nitrogens with two attached hydrogens (primary N) is 1. The first kappa shape index (κ1) is 31.2. The van der Waals surface area contributed by atoms with Crippen LogP contribution in [0.4, 0.5) is 5.82 Å². The largest absolute Gasteiger partial charge is 0.529 e. The number of aromatic nitrogens is 4. The van der Waals surface area contributed by atoms with Gasteiger partial charge in [-0.25, -0.2) is 19.5 Å². The van der Waals surface area contributed by atoms with Gasteiger partial charge in [-0.15, -0.1) is 0 Å². The van der Waals surface area contributed by atoms with Crippen molar-refractivity contribution in [1.29, 1.82) is 0 Å². The minimum absolute atomic E-state index is 0.126. The molecule has 5 saturated carbocycles. The van der Waals surface area contributed by atoms with E-state index in [9.17, 15) is 29.6 Å². The Kier molecular flexibility index (Phi) is 7.29. The van der Waals surface area contributed by atoms with Crippen LogP contribution < -0.4 is 5.73 Å². The van der Waals surface area contributed by atoms with E-state index in [-0.39, 0.29) is 39.6 Å². The molecule has 0 aromatic carbocycles. The Balaban J connectivity index is 1.04. The average Bonchev–Trinajstić information content (AvgIpc) is 3.54. The van der Waals surface area contributed by atoms with Crippen LogP contribution in [0.3, 0.4) is 0 Å². The van der Waals surface area contributed by atoms with Crippen LogP contribution in [0, 0.1) is 34.0 Å². The summed E-state index contributed by atoms with van der Waals surface area (Å²) in [5.74, 6) is -0.311. The number of carbonyl (C=O) groups is 1. The molecule has 1 saturated heterocycles. The summed E-state index contributed by atoms with van der Waals surface area (Å²) in [4.78, 5) is 36.6. The first-order valence-corrected chi connectivity index (χ1v) is 17.2. The Labute approximate surface area is 260 Å². The minimum atomic E-state index is -4.97. The highest BCUT2D eigenvalue weighted by Crippen LogP contribution is 2.72. The third-order valence-corrected chi connectivity index (χ3v) is 13.1. The van der Waals surface area contributed by atoms with Crippen LogP contribution in [0.2, 0.25) is 0 Å². The fraction of sp³-hybridized carbons (Fsp3) is 0.733. The van der Waals surface area contributed by atoms with Crippen molar-refractivity contribution in [2.45, 2.75) is 95.9 Å². The van der Waals surface area contributed by atoms with Crippen molar-refractivity contribution in [1.82, 2.24) is 19.5 Å². The van der Waals surface area contributed by atoms with Crippen molar-refractivity contribution in [3.05, 3.63) is 24.8 Å². The summed E-state index contributed by atoms with van der Waals surface area (Å²) < 4.78 is 30.7. The Bertz CT molecular complexity index is 1590. The molecular weight excluding hydrogens is 605 g/mol. The molecular formula is C30H42N5O9P. The minimum Gasteiger partial charge on any atom is -0.393 e. The van der Waals surface area contributed by atoms with Gasteiger partial charge in [0.1, 0.15) is 30.2 Å². The van der Waals surface area contributed by atoms with E-state index >= 15 is 0 Å². The number of nitrogens with zero attached hydrogens (tertiary/aromatic N) is 4. The highest BCUT2D eigenvalue weighted by molar-refractivity contribution is 7.48. The summed E-state index contributed by atoms with van der Waals surface area (Å²) >= 11 is 0. The molecule has 15 heteroatoms. The number of fused-ring (bicyclic) bond motifs is 4. The van der Waals surface area contributed by atoms with Crippen molar-refractivity contribution in [3.8, 4) is 0 Å². The second-order valence-corrected chi connectivity index (χ2v) is 15.8. The summed E-state index contributed by atoms with van der Waals surface area (Å²) in [6.07, 6.45) is 2.89. The van der Waals surface area contributed by atoms with Gasteiger partial charge in [-0.3, -0.25) is 18.8 Å². The third kappa shape index (κ3) is 4.62. The Morgan fingerprint density at radius 2 is 1.93 bits per heavy atom. The second kappa shape index (κ2) is 10.5. The molecule has 1 unspecified atom stereocenters. The number of phosphoric ester groups is 1. The molecule has 12 atom stereocenters. The average molecular weight is 648 g/mol. The van der Waals surface area contributed by atoms with Gasteiger partial charge in [0.25, 0.3) is 0 Å². The number of hydrogen-bond acceptors (Lipinski definition) is 12. The molecule has 2 aromatic rings. The lowest BCUT2D eigenvalue weighted by Gasteiger charge is -2.69. The fourth-order valence-corrected chi connectivity index (χ4v) is 10.8.